The molecule has 0 aliphatic rings. The van der Waals surface area contributed by atoms with Crippen molar-refractivity contribution in [1.29, 1.82) is 0 Å². The molecule has 0 spiro atoms. The molecule has 5 heteroatoms. The van der Waals surface area contributed by atoms with E-state index in [1.54, 1.807) is 25.1 Å². The Morgan fingerprint density at radius 1 is 1.35 bits per heavy atom. The second kappa shape index (κ2) is 4.01. The summed E-state index contributed by atoms with van der Waals surface area (Å²) in [6.45, 7) is 0. The SMILES string of the molecule is CN(C)c1cc2ncc(C(=O)O)cc2cc1F. The summed E-state index contributed by atoms with van der Waals surface area (Å²) >= 11 is 0. The van der Waals surface area contributed by atoms with Crippen molar-refractivity contribution in [2.24, 2.45) is 0 Å². The van der Waals surface area contributed by atoms with Gasteiger partial charge < -0.3 is 10.0 Å². The molecule has 0 saturated heterocycles. The van der Waals surface area contributed by atoms with Crippen LogP contribution in [-0.2, 0) is 0 Å². The Hall–Kier alpha value is -2.17. The van der Waals surface area contributed by atoms with Gasteiger partial charge in [-0.1, -0.05) is 0 Å². The molecule has 2 aromatic rings. The van der Waals surface area contributed by atoms with Gasteiger partial charge >= 0.3 is 5.97 Å². The fraction of sp³-hybridized carbons (Fsp3) is 0.167. The van der Waals surface area contributed by atoms with E-state index in [0.29, 0.717) is 16.6 Å². The minimum Gasteiger partial charge on any atom is -0.478 e. The van der Waals surface area contributed by atoms with Crippen LogP contribution in [0.15, 0.2) is 24.4 Å². The van der Waals surface area contributed by atoms with E-state index in [-0.39, 0.29) is 5.56 Å². The second-order valence-electron chi connectivity index (χ2n) is 3.92. The van der Waals surface area contributed by atoms with Crippen LogP contribution in [0.3, 0.4) is 0 Å². The highest BCUT2D eigenvalue weighted by molar-refractivity contribution is 5.93. The first-order valence-electron chi connectivity index (χ1n) is 4.99. The van der Waals surface area contributed by atoms with E-state index < -0.39 is 11.8 Å². The molecule has 2 rings (SSSR count). The second-order valence-corrected chi connectivity index (χ2v) is 3.92. The van der Waals surface area contributed by atoms with E-state index >= 15 is 0 Å². The third-order valence-electron chi connectivity index (χ3n) is 2.48. The van der Waals surface area contributed by atoms with Crippen molar-refractivity contribution in [3.8, 4) is 0 Å². The number of aromatic nitrogens is 1. The number of pyridine rings is 1. The van der Waals surface area contributed by atoms with Crippen LogP contribution < -0.4 is 4.90 Å². The Morgan fingerprint density at radius 2 is 2.06 bits per heavy atom. The molecule has 0 bridgehead atoms. The summed E-state index contributed by atoms with van der Waals surface area (Å²) in [4.78, 5) is 16.4. The summed E-state index contributed by atoms with van der Waals surface area (Å²) < 4.78 is 13.7. The summed E-state index contributed by atoms with van der Waals surface area (Å²) in [5, 5.41) is 9.29. The molecule has 0 aliphatic carbocycles. The lowest BCUT2D eigenvalue weighted by atomic mass is 10.1. The molecule has 0 atom stereocenters. The van der Waals surface area contributed by atoms with Crippen molar-refractivity contribution >= 4 is 22.6 Å². The quantitative estimate of drug-likeness (QED) is 0.864. The van der Waals surface area contributed by atoms with Crippen molar-refractivity contribution < 1.29 is 14.3 Å². The summed E-state index contributed by atoms with van der Waals surface area (Å²) in [6.07, 6.45) is 1.27. The maximum atomic E-state index is 13.7. The molecule has 88 valence electrons. The van der Waals surface area contributed by atoms with E-state index in [9.17, 15) is 9.18 Å². The van der Waals surface area contributed by atoms with Gasteiger partial charge in [-0.25, -0.2) is 9.18 Å². The zero-order valence-electron chi connectivity index (χ0n) is 9.44. The summed E-state index contributed by atoms with van der Waals surface area (Å²) in [7, 11) is 3.46. The van der Waals surface area contributed by atoms with E-state index in [1.165, 1.54) is 18.3 Å². The number of halogens is 1. The van der Waals surface area contributed by atoms with Crippen LogP contribution in [0.4, 0.5) is 10.1 Å². The number of benzene rings is 1. The van der Waals surface area contributed by atoms with Gasteiger partial charge in [-0.15, -0.1) is 0 Å². The minimum absolute atomic E-state index is 0.0505. The molecule has 1 aromatic heterocycles. The molecule has 0 fully saturated rings. The lowest BCUT2D eigenvalue weighted by Crippen LogP contribution is -2.10. The van der Waals surface area contributed by atoms with Crippen LogP contribution in [-0.4, -0.2) is 30.2 Å². The first-order valence-corrected chi connectivity index (χ1v) is 4.99. The zero-order valence-corrected chi connectivity index (χ0v) is 9.44. The Bertz CT molecular complexity index is 596. The number of nitrogens with zero attached hydrogens (tertiary/aromatic N) is 2. The topological polar surface area (TPSA) is 53.4 Å². The fourth-order valence-corrected chi connectivity index (χ4v) is 1.60. The van der Waals surface area contributed by atoms with Gasteiger partial charge in [-0.2, -0.15) is 0 Å². The molecular weight excluding hydrogens is 223 g/mol. The molecule has 1 aromatic carbocycles. The first kappa shape index (κ1) is 11.3. The van der Waals surface area contributed by atoms with Crippen LogP contribution >= 0.6 is 0 Å². The molecular formula is C12H11FN2O2. The van der Waals surface area contributed by atoms with Gasteiger partial charge in [0, 0.05) is 25.7 Å². The first-order chi connectivity index (χ1) is 7.99. The highest BCUT2D eigenvalue weighted by Crippen LogP contribution is 2.24. The van der Waals surface area contributed by atoms with Crippen LogP contribution in [0.1, 0.15) is 10.4 Å². The number of carbonyl (C=O) groups is 1. The average Bonchev–Trinajstić information content (AvgIpc) is 2.26. The van der Waals surface area contributed by atoms with Gasteiger partial charge in [0.05, 0.1) is 16.8 Å². The van der Waals surface area contributed by atoms with Crippen LogP contribution in [0.5, 0.6) is 0 Å². The van der Waals surface area contributed by atoms with Crippen LogP contribution in [0.25, 0.3) is 10.9 Å². The molecule has 4 nitrogen and oxygen atoms in total. The molecule has 1 heterocycles. The van der Waals surface area contributed by atoms with Crippen molar-refractivity contribution in [3.05, 3.63) is 35.8 Å². The zero-order chi connectivity index (χ0) is 12.6. The van der Waals surface area contributed by atoms with Gasteiger partial charge in [-0.05, 0) is 18.2 Å². The van der Waals surface area contributed by atoms with Crippen LogP contribution in [0, 0.1) is 5.82 Å². The van der Waals surface area contributed by atoms with Gasteiger partial charge in [0.1, 0.15) is 5.82 Å². The van der Waals surface area contributed by atoms with E-state index in [2.05, 4.69) is 4.98 Å². The Balaban J connectivity index is 2.66. The lowest BCUT2D eigenvalue weighted by molar-refractivity contribution is 0.0696. The Morgan fingerprint density at radius 3 is 2.65 bits per heavy atom. The van der Waals surface area contributed by atoms with Crippen molar-refractivity contribution in [3.63, 3.8) is 0 Å². The number of hydrogen-bond acceptors (Lipinski definition) is 3. The number of fused-ring (bicyclic) bond motifs is 1. The minimum atomic E-state index is -1.07. The number of aromatic carboxylic acids is 1. The fourth-order valence-electron chi connectivity index (χ4n) is 1.60. The van der Waals surface area contributed by atoms with E-state index in [4.69, 9.17) is 5.11 Å². The summed E-state index contributed by atoms with van der Waals surface area (Å²) in [6, 6.07) is 4.30. The highest BCUT2D eigenvalue weighted by Gasteiger charge is 2.10. The van der Waals surface area contributed by atoms with Crippen molar-refractivity contribution in [2.75, 3.05) is 19.0 Å². The summed E-state index contributed by atoms with van der Waals surface area (Å²) in [5.74, 6) is -1.47. The Labute approximate surface area is 97.3 Å². The molecule has 1 N–H and O–H groups in total. The summed E-state index contributed by atoms with van der Waals surface area (Å²) in [5.41, 5.74) is 1.04. The number of rotatable bonds is 2. The molecule has 0 aliphatic heterocycles. The third-order valence-corrected chi connectivity index (χ3v) is 2.48. The van der Waals surface area contributed by atoms with Gasteiger partial charge in [-0.3, -0.25) is 4.98 Å². The standard InChI is InChI=1S/C12H11FN2O2/c1-15(2)11-5-10-7(4-9(11)13)3-8(6-14-10)12(16)17/h3-6H,1-2H3,(H,16,17). The van der Waals surface area contributed by atoms with Crippen molar-refractivity contribution in [2.45, 2.75) is 0 Å². The Kier molecular flexibility index (Phi) is 2.67. The molecule has 0 saturated carbocycles. The van der Waals surface area contributed by atoms with Crippen molar-refractivity contribution in [1.82, 2.24) is 4.98 Å². The smallest absolute Gasteiger partial charge is 0.337 e. The number of hydrogen-bond donors (Lipinski definition) is 1. The lowest BCUT2D eigenvalue weighted by Gasteiger charge is -2.14. The van der Waals surface area contributed by atoms with Gasteiger partial charge in [0.25, 0.3) is 0 Å². The maximum absolute atomic E-state index is 13.7. The number of carboxylic acid groups (broad SMARTS) is 1. The van der Waals surface area contributed by atoms with Gasteiger partial charge in [0.2, 0.25) is 0 Å². The number of carboxylic acids is 1. The van der Waals surface area contributed by atoms with E-state index in [0.717, 1.165) is 0 Å². The number of anilines is 1. The predicted molar refractivity (Wildman–Crippen MR) is 63.0 cm³/mol. The average molecular weight is 234 g/mol. The maximum Gasteiger partial charge on any atom is 0.337 e. The predicted octanol–water partition coefficient (Wildman–Crippen LogP) is 2.14. The largest absolute Gasteiger partial charge is 0.478 e. The molecule has 0 radical (unpaired) electrons. The highest BCUT2D eigenvalue weighted by atomic mass is 19.1. The third kappa shape index (κ3) is 2.04. The molecule has 17 heavy (non-hydrogen) atoms. The van der Waals surface area contributed by atoms with Gasteiger partial charge in [0.15, 0.2) is 0 Å². The normalized spacial score (nSPS) is 10.5. The molecule has 0 unspecified atom stereocenters. The van der Waals surface area contributed by atoms with E-state index in [1.807, 2.05) is 0 Å². The molecule has 0 amide bonds. The monoisotopic (exact) mass is 234 g/mol. The van der Waals surface area contributed by atoms with Crippen LogP contribution in [0.2, 0.25) is 0 Å².